The van der Waals surface area contributed by atoms with Crippen LogP contribution in [-0.4, -0.2) is 23.9 Å². The number of rotatable bonds is 4. The summed E-state index contributed by atoms with van der Waals surface area (Å²) in [6.07, 6.45) is 2.42. The van der Waals surface area contributed by atoms with Gasteiger partial charge in [0.2, 0.25) is 0 Å². The van der Waals surface area contributed by atoms with Crippen molar-refractivity contribution in [2.24, 2.45) is 0 Å². The summed E-state index contributed by atoms with van der Waals surface area (Å²) in [6.45, 7) is 5.68. The van der Waals surface area contributed by atoms with E-state index in [2.05, 4.69) is 16.3 Å². The first kappa shape index (κ1) is 17.0. The van der Waals surface area contributed by atoms with Gasteiger partial charge in [0.1, 0.15) is 0 Å². The molecule has 0 saturated carbocycles. The first-order valence-corrected chi connectivity index (χ1v) is 8.38. The van der Waals surface area contributed by atoms with E-state index in [-0.39, 0.29) is 11.6 Å². The summed E-state index contributed by atoms with van der Waals surface area (Å²) in [7, 11) is 0. The van der Waals surface area contributed by atoms with Crippen molar-refractivity contribution < 1.29 is 9.72 Å². The Morgan fingerprint density at radius 2 is 1.88 bits per heavy atom. The number of nitrogens with one attached hydrogen (secondary N) is 1. The van der Waals surface area contributed by atoms with E-state index in [0.29, 0.717) is 11.1 Å². The van der Waals surface area contributed by atoms with Crippen LogP contribution in [0.15, 0.2) is 36.4 Å². The number of hydrogen-bond acceptors (Lipinski definition) is 4. The Hall–Kier alpha value is -2.89. The number of amides is 1. The lowest BCUT2D eigenvalue weighted by Gasteiger charge is -2.19. The lowest BCUT2D eigenvalue weighted by molar-refractivity contribution is -0.385. The van der Waals surface area contributed by atoms with E-state index in [1.807, 2.05) is 19.1 Å². The molecule has 2 aromatic rings. The van der Waals surface area contributed by atoms with Gasteiger partial charge >= 0.3 is 0 Å². The van der Waals surface area contributed by atoms with Crippen molar-refractivity contribution in [1.82, 2.24) is 0 Å². The summed E-state index contributed by atoms with van der Waals surface area (Å²) in [4.78, 5) is 25.5. The molecular weight excluding hydrogens is 318 g/mol. The topological polar surface area (TPSA) is 75.5 Å². The quantitative estimate of drug-likeness (QED) is 0.673. The van der Waals surface area contributed by atoms with Gasteiger partial charge < -0.3 is 10.2 Å². The first-order valence-electron chi connectivity index (χ1n) is 8.38. The summed E-state index contributed by atoms with van der Waals surface area (Å²) in [5.74, 6) is -0.335. The molecule has 1 amide bonds. The molecular formula is C19H21N3O3. The molecule has 3 rings (SSSR count). The third kappa shape index (κ3) is 3.47. The Morgan fingerprint density at radius 1 is 1.16 bits per heavy atom. The average Bonchev–Trinajstić information content (AvgIpc) is 3.11. The minimum absolute atomic E-state index is 0.0475. The monoisotopic (exact) mass is 339 g/mol. The van der Waals surface area contributed by atoms with Crippen molar-refractivity contribution in [2.75, 3.05) is 23.3 Å². The lowest BCUT2D eigenvalue weighted by atomic mass is 10.1. The molecule has 130 valence electrons. The summed E-state index contributed by atoms with van der Waals surface area (Å²) < 4.78 is 0. The zero-order chi connectivity index (χ0) is 18.0. The molecule has 1 heterocycles. The second-order valence-corrected chi connectivity index (χ2v) is 6.35. The van der Waals surface area contributed by atoms with Gasteiger partial charge in [-0.1, -0.05) is 6.07 Å². The predicted molar refractivity (Wildman–Crippen MR) is 98.4 cm³/mol. The van der Waals surface area contributed by atoms with E-state index < -0.39 is 4.92 Å². The molecule has 1 aliphatic rings. The molecule has 0 atom stereocenters. The van der Waals surface area contributed by atoms with Crippen molar-refractivity contribution in [1.29, 1.82) is 0 Å². The standard InChI is InChI=1S/C19H21N3O3/c1-13-12-15(21-10-3-4-11-21)8-9-17(13)20-19(23)16-6-5-7-18(14(16)2)22(24)25/h5-9,12H,3-4,10-11H2,1-2H3,(H,20,23). The highest BCUT2D eigenvalue weighted by molar-refractivity contribution is 6.06. The highest BCUT2D eigenvalue weighted by atomic mass is 16.6. The summed E-state index contributed by atoms with van der Waals surface area (Å²) in [6, 6.07) is 10.5. The fraction of sp³-hybridized carbons (Fsp3) is 0.316. The zero-order valence-corrected chi connectivity index (χ0v) is 14.4. The number of nitro benzene ring substituents is 1. The Morgan fingerprint density at radius 3 is 2.52 bits per heavy atom. The minimum atomic E-state index is -0.470. The second-order valence-electron chi connectivity index (χ2n) is 6.35. The fourth-order valence-corrected chi connectivity index (χ4v) is 3.22. The van der Waals surface area contributed by atoms with Gasteiger partial charge in [0, 0.05) is 41.7 Å². The van der Waals surface area contributed by atoms with Gasteiger partial charge in [-0.3, -0.25) is 14.9 Å². The Labute approximate surface area is 146 Å². The summed E-state index contributed by atoms with van der Waals surface area (Å²) in [5, 5.41) is 13.9. The number of aryl methyl sites for hydroxylation is 1. The molecule has 2 aromatic carbocycles. The Kier molecular flexibility index (Phi) is 4.70. The van der Waals surface area contributed by atoms with Crippen LogP contribution in [0.5, 0.6) is 0 Å². The molecule has 6 heteroatoms. The Balaban J connectivity index is 1.81. The van der Waals surface area contributed by atoms with E-state index in [0.717, 1.165) is 24.3 Å². The van der Waals surface area contributed by atoms with E-state index in [9.17, 15) is 14.9 Å². The molecule has 1 N–H and O–H groups in total. The van der Waals surface area contributed by atoms with Crippen LogP contribution in [0.1, 0.15) is 34.3 Å². The predicted octanol–water partition coefficient (Wildman–Crippen LogP) is 4.06. The van der Waals surface area contributed by atoms with Crippen molar-refractivity contribution >= 4 is 23.0 Å². The number of nitro groups is 1. The van der Waals surface area contributed by atoms with Gasteiger partial charge in [-0.2, -0.15) is 0 Å². The molecule has 0 radical (unpaired) electrons. The highest BCUT2D eigenvalue weighted by Crippen LogP contribution is 2.27. The third-order valence-electron chi connectivity index (χ3n) is 4.68. The molecule has 0 aliphatic carbocycles. The molecule has 1 saturated heterocycles. The maximum absolute atomic E-state index is 12.6. The zero-order valence-electron chi connectivity index (χ0n) is 14.4. The van der Waals surface area contributed by atoms with Crippen molar-refractivity contribution in [3.05, 3.63) is 63.2 Å². The Bertz CT molecular complexity index is 827. The van der Waals surface area contributed by atoms with Crippen molar-refractivity contribution in [3.63, 3.8) is 0 Å². The maximum Gasteiger partial charge on any atom is 0.273 e. The van der Waals surface area contributed by atoms with Gasteiger partial charge in [0.25, 0.3) is 11.6 Å². The van der Waals surface area contributed by atoms with E-state index >= 15 is 0 Å². The molecule has 1 aliphatic heterocycles. The molecule has 0 unspecified atom stereocenters. The SMILES string of the molecule is Cc1cc(N2CCCC2)ccc1NC(=O)c1cccc([N+](=O)[O-])c1C. The molecule has 0 aromatic heterocycles. The third-order valence-corrected chi connectivity index (χ3v) is 4.68. The highest BCUT2D eigenvalue weighted by Gasteiger charge is 2.19. The number of benzene rings is 2. The van der Waals surface area contributed by atoms with Crippen LogP contribution in [0.25, 0.3) is 0 Å². The number of carbonyl (C=O) groups is 1. The molecule has 0 spiro atoms. The summed E-state index contributed by atoms with van der Waals surface area (Å²) in [5.41, 5.74) is 3.50. The maximum atomic E-state index is 12.6. The van der Waals surface area contributed by atoms with Crippen LogP contribution >= 0.6 is 0 Å². The van der Waals surface area contributed by atoms with E-state index in [4.69, 9.17) is 0 Å². The number of hydrogen-bond donors (Lipinski definition) is 1. The molecule has 25 heavy (non-hydrogen) atoms. The van der Waals surface area contributed by atoms with Crippen LogP contribution in [-0.2, 0) is 0 Å². The number of anilines is 2. The van der Waals surface area contributed by atoms with Gasteiger partial charge in [-0.05, 0) is 56.5 Å². The first-order chi connectivity index (χ1) is 12.0. The molecule has 6 nitrogen and oxygen atoms in total. The average molecular weight is 339 g/mol. The van der Waals surface area contributed by atoms with Crippen LogP contribution in [0.3, 0.4) is 0 Å². The summed E-state index contributed by atoms with van der Waals surface area (Å²) >= 11 is 0. The van der Waals surface area contributed by atoms with Gasteiger partial charge in [-0.25, -0.2) is 0 Å². The van der Waals surface area contributed by atoms with Crippen LogP contribution in [0, 0.1) is 24.0 Å². The largest absolute Gasteiger partial charge is 0.372 e. The fourth-order valence-electron chi connectivity index (χ4n) is 3.22. The number of carbonyl (C=O) groups excluding carboxylic acids is 1. The second kappa shape index (κ2) is 6.93. The smallest absolute Gasteiger partial charge is 0.273 e. The number of nitrogens with zero attached hydrogens (tertiary/aromatic N) is 2. The normalized spacial score (nSPS) is 13.8. The van der Waals surface area contributed by atoms with Crippen LogP contribution in [0.2, 0.25) is 0 Å². The van der Waals surface area contributed by atoms with Gasteiger partial charge in [-0.15, -0.1) is 0 Å². The van der Waals surface area contributed by atoms with Crippen LogP contribution < -0.4 is 10.2 Å². The molecule has 1 fully saturated rings. The van der Waals surface area contributed by atoms with E-state index in [1.54, 1.807) is 13.0 Å². The molecule has 0 bridgehead atoms. The van der Waals surface area contributed by atoms with E-state index in [1.165, 1.54) is 30.7 Å². The van der Waals surface area contributed by atoms with Gasteiger partial charge in [0.15, 0.2) is 0 Å². The lowest BCUT2D eigenvalue weighted by Crippen LogP contribution is -2.18. The minimum Gasteiger partial charge on any atom is -0.372 e. The van der Waals surface area contributed by atoms with Crippen LogP contribution in [0.4, 0.5) is 17.1 Å². The van der Waals surface area contributed by atoms with Crippen molar-refractivity contribution in [3.8, 4) is 0 Å². The van der Waals surface area contributed by atoms with Gasteiger partial charge in [0.05, 0.1) is 4.92 Å². The van der Waals surface area contributed by atoms with Crippen molar-refractivity contribution in [2.45, 2.75) is 26.7 Å².